The van der Waals surface area contributed by atoms with E-state index in [1.54, 1.807) is 24.3 Å². The largest absolute Gasteiger partial charge is 0.358 e. The fraction of sp³-hybridized carbons (Fsp3) is 0.333. The number of carbonyl (C=O) groups is 3. The summed E-state index contributed by atoms with van der Waals surface area (Å²) in [7, 11) is 1.52. The molecular weight excluding hydrogens is 316 g/mol. The van der Waals surface area contributed by atoms with Crippen LogP contribution in [0.25, 0.3) is 0 Å². The van der Waals surface area contributed by atoms with Gasteiger partial charge in [-0.2, -0.15) is 0 Å². The van der Waals surface area contributed by atoms with Gasteiger partial charge in [0.05, 0.1) is 5.25 Å². The predicted octanol–water partition coefficient (Wildman–Crippen LogP) is 0.787. The molecule has 0 aliphatic carbocycles. The Morgan fingerprint density at radius 1 is 1.35 bits per heavy atom. The first kappa shape index (κ1) is 17.0. The highest BCUT2D eigenvalue weighted by Gasteiger charge is 2.34. The van der Waals surface area contributed by atoms with E-state index in [0.717, 1.165) is 0 Å². The van der Waals surface area contributed by atoms with Crippen molar-refractivity contribution in [3.63, 3.8) is 0 Å². The quantitative estimate of drug-likeness (QED) is 0.797. The second kappa shape index (κ2) is 7.77. The molecule has 0 bridgehead atoms. The molecule has 1 atom stereocenters. The summed E-state index contributed by atoms with van der Waals surface area (Å²) in [5.41, 5.74) is 2.90. The van der Waals surface area contributed by atoms with Gasteiger partial charge >= 0.3 is 0 Å². The standard InChI is InChI=1S/C15H18N4O3S/c1-3-19-12(20)9-11(14(22)16-2)23-15(19)18-17-13(21)10-7-5-4-6-8-10/h4-8,11H,3,9H2,1-2H3,(H,16,22)(H,17,21)/b18-15+. The third kappa shape index (κ3) is 4.10. The second-order valence-corrected chi connectivity index (χ2v) is 5.93. The maximum atomic E-state index is 12.1. The number of hydrogen-bond donors (Lipinski definition) is 2. The Kier molecular flexibility index (Phi) is 5.75. The van der Waals surface area contributed by atoms with Crippen LogP contribution in [0.1, 0.15) is 23.7 Å². The van der Waals surface area contributed by atoms with Crippen LogP contribution in [0.5, 0.6) is 0 Å². The Bertz CT molecular complexity index is 633. The van der Waals surface area contributed by atoms with E-state index in [0.29, 0.717) is 17.3 Å². The van der Waals surface area contributed by atoms with Gasteiger partial charge in [0.25, 0.3) is 5.91 Å². The summed E-state index contributed by atoms with van der Waals surface area (Å²) in [4.78, 5) is 37.4. The lowest BCUT2D eigenvalue weighted by Crippen LogP contribution is -2.46. The Balaban J connectivity index is 2.14. The second-order valence-electron chi connectivity index (χ2n) is 4.76. The fourth-order valence-electron chi connectivity index (χ4n) is 2.07. The predicted molar refractivity (Wildman–Crippen MR) is 88.8 cm³/mol. The number of rotatable bonds is 4. The van der Waals surface area contributed by atoms with Gasteiger partial charge in [0.2, 0.25) is 11.8 Å². The summed E-state index contributed by atoms with van der Waals surface area (Å²) in [5, 5.41) is 6.34. The van der Waals surface area contributed by atoms with Gasteiger partial charge in [0.15, 0.2) is 5.17 Å². The first-order chi connectivity index (χ1) is 11.1. The van der Waals surface area contributed by atoms with Gasteiger partial charge in [-0.25, -0.2) is 5.43 Å². The average molecular weight is 334 g/mol. The Hall–Kier alpha value is -2.35. The highest BCUT2D eigenvalue weighted by atomic mass is 32.2. The smallest absolute Gasteiger partial charge is 0.271 e. The van der Waals surface area contributed by atoms with Crippen LogP contribution in [0.3, 0.4) is 0 Å². The van der Waals surface area contributed by atoms with E-state index >= 15 is 0 Å². The number of amidine groups is 1. The minimum atomic E-state index is -0.539. The third-order valence-electron chi connectivity index (χ3n) is 3.28. The maximum Gasteiger partial charge on any atom is 0.271 e. The van der Waals surface area contributed by atoms with E-state index in [1.807, 2.05) is 13.0 Å². The van der Waals surface area contributed by atoms with Crippen molar-refractivity contribution in [2.45, 2.75) is 18.6 Å². The molecule has 1 unspecified atom stereocenters. The molecule has 7 nitrogen and oxygen atoms in total. The molecule has 0 radical (unpaired) electrons. The van der Waals surface area contributed by atoms with E-state index < -0.39 is 5.25 Å². The SMILES string of the molecule is CCN1C(=O)CC(C(=O)NC)S/C1=N/NC(=O)c1ccccc1. The number of benzene rings is 1. The fourth-order valence-corrected chi connectivity index (χ4v) is 3.23. The van der Waals surface area contributed by atoms with Crippen molar-refractivity contribution in [1.29, 1.82) is 0 Å². The molecule has 1 aliphatic heterocycles. The van der Waals surface area contributed by atoms with Crippen LogP contribution in [-0.2, 0) is 9.59 Å². The van der Waals surface area contributed by atoms with Gasteiger partial charge in [0, 0.05) is 25.6 Å². The number of hydrogen-bond acceptors (Lipinski definition) is 5. The number of carbonyl (C=O) groups excluding carboxylic acids is 3. The maximum absolute atomic E-state index is 12.1. The first-order valence-electron chi connectivity index (χ1n) is 7.18. The van der Waals surface area contributed by atoms with Crippen molar-refractivity contribution < 1.29 is 14.4 Å². The van der Waals surface area contributed by atoms with Crippen molar-refractivity contribution in [1.82, 2.24) is 15.6 Å². The van der Waals surface area contributed by atoms with Gasteiger partial charge in [0.1, 0.15) is 0 Å². The lowest BCUT2D eigenvalue weighted by atomic mass is 10.2. The minimum Gasteiger partial charge on any atom is -0.358 e. The normalized spacial score (nSPS) is 19.6. The zero-order valence-electron chi connectivity index (χ0n) is 12.9. The minimum absolute atomic E-state index is 0.115. The molecule has 0 aromatic heterocycles. The van der Waals surface area contributed by atoms with Crippen LogP contribution in [-0.4, -0.2) is 46.6 Å². The van der Waals surface area contributed by atoms with E-state index in [-0.39, 0.29) is 24.1 Å². The van der Waals surface area contributed by atoms with Crippen LogP contribution >= 0.6 is 11.8 Å². The first-order valence-corrected chi connectivity index (χ1v) is 8.06. The van der Waals surface area contributed by atoms with Crippen LogP contribution in [0.4, 0.5) is 0 Å². The molecule has 0 saturated carbocycles. The molecule has 1 aliphatic rings. The zero-order chi connectivity index (χ0) is 16.8. The molecular formula is C15H18N4O3S. The Morgan fingerprint density at radius 3 is 2.65 bits per heavy atom. The van der Waals surface area contributed by atoms with E-state index in [9.17, 15) is 14.4 Å². The van der Waals surface area contributed by atoms with Crippen molar-refractivity contribution >= 4 is 34.7 Å². The lowest BCUT2D eigenvalue weighted by molar-refractivity contribution is -0.130. The molecule has 23 heavy (non-hydrogen) atoms. The van der Waals surface area contributed by atoms with Crippen LogP contribution in [0, 0.1) is 0 Å². The average Bonchev–Trinajstić information content (AvgIpc) is 2.59. The molecule has 122 valence electrons. The van der Waals surface area contributed by atoms with Crippen LogP contribution in [0.15, 0.2) is 35.4 Å². The zero-order valence-corrected chi connectivity index (χ0v) is 13.7. The van der Waals surface area contributed by atoms with Gasteiger partial charge < -0.3 is 5.32 Å². The summed E-state index contributed by atoms with van der Waals surface area (Å²) in [6.07, 6.45) is 0.115. The molecule has 1 saturated heterocycles. The summed E-state index contributed by atoms with van der Waals surface area (Å²) < 4.78 is 0. The van der Waals surface area contributed by atoms with Crippen LogP contribution < -0.4 is 10.7 Å². The number of nitrogens with zero attached hydrogens (tertiary/aromatic N) is 2. The third-order valence-corrected chi connectivity index (χ3v) is 4.47. The van der Waals surface area contributed by atoms with Crippen molar-refractivity contribution in [3.8, 4) is 0 Å². The molecule has 1 aromatic carbocycles. The molecule has 8 heteroatoms. The number of hydrazone groups is 1. The molecule has 1 aromatic rings. The van der Waals surface area contributed by atoms with Crippen molar-refractivity contribution in [3.05, 3.63) is 35.9 Å². The molecule has 1 heterocycles. The molecule has 3 amide bonds. The van der Waals surface area contributed by atoms with Crippen molar-refractivity contribution in [2.75, 3.05) is 13.6 Å². The van der Waals surface area contributed by atoms with E-state index in [2.05, 4.69) is 15.8 Å². The van der Waals surface area contributed by atoms with Gasteiger partial charge in [-0.05, 0) is 19.1 Å². The number of amides is 3. The molecule has 2 rings (SSSR count). The molecule has 2 N–H and O–H groups in total. The van der Waals surface area contributed by atoms with Gasteiger partial charge in [-0.1, -0.05) is 30.0 Å². The molecule has 0 spiro atoms. The highest BCUT2D eigenvalue weighted by molar-refractivity contribution is 8.15. The summed E-state index contributed by atoms with van der Waals surface area (Å²) in [6, 6.07) is 8.64. The van der Waals surface area contributed by atoms with Crippen molar-refractivity contribution in [2.24, 2.45) is 5.10 Å². The Morgan fingerprint density at radius 2 is 2.04 bits per heavy atom. The topological polar surface area (TPSA) is 90.9 Å². The van der Waals surface area contributed by atoms with E-state index in [4.69, 9.17) is 0 Å². The monoisotopic (exact) mass is 334 g/mol. The highest BCUT2D eigenvalue weighted by Crippen LogP contribution is 2.26. The lowest BCUT2D eigenvalue weighted by Gasteiger charge is -2.30. The van der Waals surface area contributed by atoms with Gasteiger partial charge in [-0.3, -0.25) is 19.3 Å². The Labute approximate surface area is 138 Å². The summed E-state index contributed by atoms with van der Waals surface area (Å²) >= 11 is 1.17. The summed E-state index contributed by atoms with van der Waals surface area (Å²) in [5.74, 6) is -0.794. The number of nitrogens with one attached hydrogen (secondary N) is 2. The van der Waals surface area contributed by atoms with E-state index in [1.165, 1.54) is 23.7 Å². The summed E-state index contributed by atoms with van der Waals surface area (Å²) in [6.45, 7) is 2.24. The van der Waals surface area contributed by atoms with Crippen LogP contribution in [0.2, 0.25) is 0 Å². The van der Waals surface area contributed by atoms with Gasteiger partial charge in [-0.15, -0.1) is 5.10 Å². The number of thioether (sulfide) groups is 1. The molecule has 1 fully saturated rings.